The van der Waals surface area contributed by atoms with Crippen LogP contribution >= 0.6 is 11.6 Å². The Hall–Kier alpha value is -3.94. The van der Waals surface area contributed by atoms with Crippen LogP contribution in [-0.4, -0.2) is 38.9 Å². The van der Waals surface area contributed by atoms with Gasteiger partial charge in [-0.1, -0.05) is 0 Å². The summed E-state index contributed by atoms with van der Waals surface area (Å²) in [5.41, 5.74) is 2.23. The van der Waals surface area contributed by atoms with Crippen molar-refractivity contribution in [3.8, 4) is 0 Å². The molecule has 0 aromatic heterocycles. The molecule has 7 heteroatoms. The van der Waals surface area contributed by atoms with Gasteiger partial charge >= 0.3 is 245 Å². The molecular formula is C33H28ClN3O2Sn. The third-order valence-electron chi connectivity index (χ3n) is 6.62. The summed E-state index contributed by atoms with van der Waals surface area (Å²) in [4.78, 5) is 16.1. The zero-order valence-electron chi connectivity index (χ0n) is 22.2. The Morgan fingerprint density at radius 3 is 1.62 bits per heavy atom. The standard InChI is InChI=1S/C15H14ClN3O2.3C6H5.Sn/c1-19(2)10-7-8-14(12(16)9-10)18-17-13-6-4-3-5-11(13)15(20)21;3*1-2-4-6-5-3-1;/h3-9H,1-2H3,(H,20,21);3*1-5H;/q;;;;+1/p-1. The van der Waals surface area contributed by atoms with Gasteiger partial charge in [0.2, 0.25) is 0 Å². The molecule has 40 heavy (non-hydrogen) atoms. The Morgan fingerprint density at radius 1 is 0.650 bits per heavy atom. The van der Waals surface area contributed by atoms with Crippen LogP contribution < -0.4 is 15.6 Å². The fourth-order valence-electron chi connectivity index (χ4n) is 4.59. The molecule has 0 saturated carbocycles. The van der Waals surface area contributed by atoms with E-state index in [4.69, 9.17) is 14.7 Å². The number of nitrogens with zero attached hydrogens (tertiary/aromatic N) is 3. The fourth-order valence-corrected chi connectivity index (χ4v) is 15.4. The number of anilines is 1. The van der Waals surface area contributed by atoms with Gasteiger partial charge in [-0.2, -0.15) is 0 Å². The number of carbonyl (C=O) groups excluding carboxylic acids is 1. The summed E-state index contributed by atoms with van der Waals surface area (Å²) in [7, 11) is 3.89. The van der Waals surface area contributed by atoms with Gasteiger partial charge in [0.15, 0.2) is 0 Å². The molecule has 198 valence electrons. The molecule has 0 amide bonds. The van der Waals surface area contributed by atoms with Crippen LogP contribution in [0.3, 0.4) is 0 Å². The van der Waals surface area contributed by atoms with E-state index < -0.39 is 24.8 Å². The normalized spacial score (nSPS) is 11.4. The topological polar surface area (TPSA) is 54.3 Å². The molecule has 0 fully saturated rings. The van der Waals surface area contributed by atoms with Gasteiger partial charge < -0.3 is 0 Å². The van der Waals surface area contributed by atoms with Crippen molar-refractivity contribution in [3.63, 3.8) is 0 Å². The summed E-state index contributed by atoms with van der Waals surface area (Å²) >= 11 is 2.16. The SMILES string of the molecule is CN(C)c1ccc(N=Nc2ccccc2C(=O)[O][Sn]([c]2ccccc2)([c]2ccccc2)[c]2ccccc2)c(Cl)c1. The first-order valence-electron chi connectivity index (χ1n) is 12.9. The summed E-state index contributed by atoms with van der Waals surface area (Å²) in [6.45, 7) is 0. The number of hydrogen-bond donors (Lipinski definition) is 0. The predicted molar refractivity (Wildman–Crippen MR) is 166 cm³/mol. The van der Waals surface area contributed by atoms with Gasteiger partial charge in [-0.3, -0.25) is 0 Å². The van der Waals surface area contributed by atoms with Crippen molar-refractivity contribution in [1.29, 1.82) is 0 Å². The van der Waals surface area contributed by atoms with Crippen LogP contribution in [0.15, 0.2) is 144 Å². The molecule has 0 aliphatic rings. The average Bonchev–Trinajstić information content (AvgIpc) is 3.00. The quantitative estimate of drug-likeness (QED) is 0.140. The Kier molecular flexibility index (Phi) is 8.62. The summed E-state index contributed by atoms with van der Waals surface area (Å²) in [5.74, 6) is -0.434. The van der Waals surface area contributed by atoms with E-state index in [1.54, 1.807) is 18.2 Å². The molecule has 5 aromatic rings. The van der Waals surface area contributed by atoms with E-state index in [0.29, 0.717) is 22.0 Å². The van der Waals surface area contributed by atoms with Gasteiger partial charge in [-0.05, 0) is 0 Å². The molecule has 5 nitrogen and oxygen atoms in total. The number of benzene rings is 5. The molecule has 0 spiro atoms. The molecule has 0 N–H and O–H groups in total. The molecule has 0 saturated heterocycles. The van der Waals surface area contributed by atoms with E-state index in [9.17, 15) is 4.79 Å². The number of halogens is 1. The molecule has 0 heterocycles. The van der Waals surface area contributed by atoms with Gasteiger partial charge in [-0.15, -0.1) is 0 Å². The van der Waals surface area contributed by atoms with E-state index in [-0.39, 0.29) is 0 Å². The molecule has 5 aromatic carbocycles. The predicted octanol–water partition coefficient (Wildman–Crippen LogP) is 6.65. The number of rotatable bonds is 8. The first-order chi connectivity index (χ1) is 19.5. The Bertz CT molecular complexity index is 1530. The fraction of sp³-hybridized carbons (Fsp3) is 0.0606. The van der Waals surface area contributed by atoms with Gasteiger partial charge in [0.25, 0.3) is 0 Å². The van der Waals surface area contributed by atoms with Crippen LogP contribution in [0.2, 0.25) is 5.02 Å². The van der Waals surface area contributed by atoms with Crippen LogP contribution in [0.25, 0.3) is 0 Å². The van der Waals surface area contributed by atoms with Crippen LogP contribution in [0.5, 0.6) is 0 Å². The van der Waals surface area contributed by atoms with E-state index in [1.165, 1.54) is 0 Å². The third kappa shape index (κ3) is 5.81. The van der Waals surface area contributed by atoms with Crippen LogP contribution in [-0.2, 0) is 3.07 Å². The van der Waals surface area contributed by atoms with Crippen molar-refractivity contribution < 1.29 is 7.87 Å². The zero-order chi connectivity index (χ0) is 28.0. The minimum absolute atomic E-state index is 0.344. The first-order valence-corrected chi connectivity index (χ1v) is 18.7. The van der Waals surface area contributed by atoms with Gasteiger partial charge in [0.05, 0.1) is 0 Å². The maximum absolute atomic E-state index is 14.1. The molecular weight excluding hydrogens is 625 g/mol. The number of hydrogen-bond acceptors (Lipinski definition) is 5. The Morgan fingerprint density at radius 2 is 1.12 bits per heavy atom. The summed E-state index contributed by atoms with van der Waals surface area (Å²) in [5, 5.41) is 9.28. The molecule has 0 aliphatic heterocycles. The monoisotopic (exact) mass is 653 g/mol. The van der Waals surface area contributed by atoms with Crippen LogP contribution in [0, 0.1) is 0 Å². The summed E-state index contributed by atoms with van der Waals surface area (Å²) in [6.07, 6.45) is 0. The van der Waals surface area contributed by atoms with Crippen LogP contribution in [0.1, 0.15) is 10.4 Å². The number of carbonyl (C=O) groups is 1. The van der Waals surface area contributed by atoms with Crippen molar-refractivity contribution in [3.05, 3.63) is 144 Å². The van der Waals surface area contributed by atoms with Crippen molar-refractivity contribution >= 4 is 64.2 Å². The second-order valence-electron chi connectivity index (χ2n) is 9.42. The molecule has 0 bridgehead atoms. The summed E-state index contributed by atoms with van der Waals surface area (Å²) < 4.78 is 9.89. The zero-order valence-corrected chi connectivity index (χ0v) is 25.8. The molecule has 0 aliphatic carbocycles. The Labute approximate surface area is 244 Å². The second kappa shape index (κ2) is 12.5. The number of azo groups is 1. The van der Waals surface area contributed by atoms with E-state index in [0.717, 1.165) is 16.4 Å². The van der Waals surface area contributed by atoms with Gasteiger partial charge in [0, 0.05) is 0 Å². The van der Waals surface area contributed by atoms with Gasteiger partial charge in [-0.25, -0.2) is 0 Å². The molecule has 0 atom stereocenters. The van der Waals surface area contributed by atoms with Crippen LogP contribution in [0.4, 0.5) is 17.1 Å². The van der Waals surface area contributed by atoms with Crippen molar-refractivity contribution in [1.82, 2.24) is 0 Å². The van der Waals surface area contributed by atoms with Crippen molar-refractivity contribution in [2.75, 3.05) is 19.0 Å². The third-order valence-corrected chi connectivity index (χ3v) is 18.1. The molecule has 0 unspecified atom stereocenters. The first kappa shape index (κ1) is 27.6. The molecule has 0 radical (unpaired) electrons. The maximum atomic E-state index is 14.1. The minimum atomic E-state index is -4.31. The van der Waals surface area contributed by atoms with E-state index >= 15 is 0 Å². The summed E-state index contributed by atoms with van der Waals surface area (Å²) in [6, 6.07) is 42.9. The van der Waals surface area contributed by atoms with Crippen molar-refractivity contribution in [2.45, 2.75) is 0 Å². The van der Waals surface area contributed by atoms with E-state index in [2.05, 4.69) is 46.6 Å². The molecule has 5 rings (SSSR count). The van der Waals surface area contributed by atoms with E-state index in [1.807, 2.05) is 97.9 Å². The van der Waals surface area contributed by atoms with Gasteiger partial charge in [0.1, 0.15) is 0 Å². The average molecular weight is 653 g/mol. The van der Waals surface area contributed by atoms with Crippen molar-refractivity contribution in [2.24, 2.45) is 10.2 Å². The Balaban J connectivity index is 1.58. The second-order valence-corrected chi connectivity index (χ2v) is 19.2.